The third kappa shape index (κ3) is 5.27. The van der Waals surface area contributed by atoms with Gasteiger partial charge in [0.05, 0.1) is 13.2 Å². The molecule has 1 amide bonds. The SMILES string of the molecule is CC(C)(C)OC(=O)N1CCC(Oc2ccc(N3CCOCC3)cc2)CC1. The Bertz CT molecular complexity index is 583. The van der Waals surface area contributed by atoms with Crippen molar-refractivity contribution >= 4 is 11.8 Å². The molecule has 0 saturated carbocycles. The second-order valence-corrected chi connectivity index (χ2v) is 7.88. The number of nitrogens with zero attached hydrogens (tertiary/aromatic N) is 2. The predicted molar refractivity (Wildman–Crippen MR) is 101 cm³/mol. The molecule has 0 aromatic heterocycles. The van der Waals surface area contributed by atoms with Gasteiger partial charge in [0.25, 0.3) is 0 Å². The average Bonchev–Trinajstić information content (AvgIpc) is 2.62. The van der Waals surface area contributed by atoms with Crippen molar-refractivity contribution < 1.29 is 19.0 Å². The molecule has 144 valence electrons. The molecule has 0 unspecified atom stereocenters. The van der Waals surface area contributed by atoms with E-state index >= 15 is 0 Å². The molecule has 0 N–H and O–H groups in total. The van der Waals surface area contributed by atoms with Crippen molar-refractivity contribution in [3.63, 3.8) is 0 Å². The van der Waals surface area contributed by atoms with Crippen LogP contribution in [0.3, 0.4) is 0 Å². The highest BCUT2D eigenvalue weighted by Gasteiger charge is 2.27. The molecule has 0 spiro atoms. The van der Waals surface area contributed by atoms with Crippen LogP contribution < -0.4 is 9.64 Å². The van der Waals surface area contributed by atoms with Crippen LogP contribution in [0.25, 0.3) is 0 Å². The largest absolute Gasteiger partial charge is 0.490 e. The number of hydrogen-bond acceptors (Lipinski definition) is 5. The van der Waals surface area contributed by atoms with E-state index in [1.165, 1.54) is 5.69 Å². The van der Waals surface area contributed by atoms with Gasteiger partial charge in [-0.05, 0) is 45.0 Å². The summed E-state index contributed by atoms with van der Waals surface area (Å²) in [4.78, 5) is 16.2. The Hall–Kier alpha value is -1.95. The van der Waals surface area contributed by atoms with Gasteiger partial charge in [-0.25, -0.2) is 4.79 Å². The molecule has 0 bridgehead atoms. The number of benzene rings is 1. The summed E-state index contributed by atoms with van der Waals surface area (Å²) in [5.74, 6) is 0.887. The Morgan fingerprint density at radius 3 is 2.23 bits per heavy atom. The number of likely N-dealkylation sites (tertiary alicyclic amines) is 1. The van der Waals surface area contributed by atoms with E-state index in [1.807, 2.05) is 32.9 Å². The van der Waals surface area contributed by atoms with E-state index < -0.39 is 5.60 Å². The van der Waals surface area contributed by atoms with Gasteiger partial charge in [0.2, 0.25) is 0 Å². The first-order chi connectivity index (χ1) is 12.4. The highest BCUT2D eigenvalue weighted by atomic mass is 16.6. The van der Waals surface area contributed by atoms with E-state index in [4.69, 9.17) is 14.2 Å². The molecule has 0 radical (unpaired) electrons. The van der Waals surface area contributed by atoms with E-state index in [1.54, 1.807) is 4.90 Å². The lowest BCUT2D eigenvalue weighted by Crippen LogP contribution is -2.44. The van der Waals surface area contributed by atoms with Gasteiger partial charge in [-0.15, -0.1) is 0 Å². The Morgan fingerprint density at radius 2 is 1.65 bits per heavy atom. The standard InChI is InChI=1S/C20H30N2O4/c1-20(2,3)26-19(23)22-10-8-18(9-11-22)25-17-6-4-16(5-7-17)21-12-14-24-15-13-21/h4-7,18H,8-15H2,1-3H3. The molecule has 2 aliphatic rings. The predicted octanol–water partition coefficient (Wildman–Crippen LogP) is 3.30. The number of morpholine rings is 1. The first-order valence-electron chi connectivity index (χ1n) is 9.48. The number of piperidine rings is 1. The van der Waals surface area contributed by atoms with Crippen LogP contribution in [0.4, 0.5) is 10.5 Å². The van der Waals surface area contributed by atoms with Crippen LogP contribution in [-0.4, -0.2) is 62.1 Å². The molecular weight excluding hydrogens is 332 g/mol. The highest BCUT2D eigenvalue weighted by Crippen LogP contribution is 2.24. The van der Waals surface area contributed by atoms with Crippen molar-refractivity contribution in [3.8, 4) is 5.75 Å². The Balaban J connectivity index is 1.46. The molecule has 3 rings (SSSR count). The lowest BCUT2D eigenvalue weighted by Gasteiger charge is -2.33. The number of anilines is 1. The summed E-state index contributed by atoms with van der Waals surface area (Å²) in [6.45, 7) is 10.5. The van der Waals surface area contributed by atoms with Crippen LogP contribution in [0.15, 0.2) is 24.3 Å². The molecule has 26 heavy (non-hydrogen) atoms. The maximum atomic E-state index is 12.1. The lowest BCUT2D eigenvalue weighted by atomic mass is 10.1. The molecule has 6 heteroatoms. The quantitative estimate of drug-likeness (QED) is 0.826. The van der Waals surface area contributed by atoms with E-state index in [0.717, 1.165) is 44.9 Å². The Kier molecular flexibility index (Phi) is 5.91. The number of carbonyl (C=O) groups is 1. The summed E-state index contributed by atoms with van der Waals surface area (Å²) in [7, 11) is 0. The molecule has 0 aliphatic carbocycles. The van der Waals surface area contributed by atoms with Gasteiger partial charge in [-0.1, -0.05) is 0 Å². The molecule has 1 aromatic carbocycles. The van der Waals surface area contributed by atoms with Gasteiger partial charge in [-0.2, -0.15) is 0 Å². The van der Waals surface area contributed by atoms with Gasteiger partial charge >= 0.3 is 6.09 Å². The smallest absolute Gasteiger partial charge is 0.410 e. The zero-order valence-electron chi connectivity index (χ0n) is 16.1. The van der Waals surface area contributed by atoms with Gasteiger partial charge in [0, 0.05) is 44.7 Å². The van der Waals surface area contributed by atoms with Crippen LogP contribution in [0.1, 0.15) is 33.6 Å². The van der Waals surface area contributed by atoms with Crippen molar-refractivity contribution in [2.45, 2.75) is 45.3 Å². The van der Waals surface area contributed by atoms with Crippen molar-refractivity contribution in [2.24, 2.45) is 0 Å². The van der Waals surface area contributed by atoms with E-state index in [2.05, 4.69) is 17.0 Å². The molecule has 2 saturated heterocycles. The minimum absolute atomic E-state index is 0.142. The summed E-state index contributed by atoms with van der Waals surface area (Å²) in [5.41, 5.74) is 0.757. The van der Waals surface area contributed by atoms with Crippen molar-refractivity contribution in [2.75, 3.05) is 44.3 Å². The average molecular weight is 362 g/mol. The summed E-state index contributed by atoms with van der Waals surface area (Å²) in [5, 5.41) is 0. The van der Waals surface area contributed by atoms with Gasteiger partial charge in [0.15, 0.2) is 0 Å². The topological polar surface area (TPSA) is 51.2 Å². The zero-order chi connectivity index (χ0) is 18.6. The van der Waals surface area contributed by atoms with Crippen LogP contribution in [0, 0.1) is 0 Å². The third-order valence-electron chi connectivity index (χ3n) is 4.61. The summed E-state index contributed by atoms with van der Waals surface area (Å²) in [6, 6.07) is 8.28. The molecule has 6 nitrogen and oxygen atoms in total. The molecule has 1 aromatic rings. The third-order valence-corrected chi connectivity index (χ3v) is 4.61. The van der Waals surface area contributed by atoms with Gasteiger partial charge in [0.1, 0.15) is 17.5 Å². The van der Waals surface area contributed by atoms with Crippen molar-refractivity contribution in [1.29, 1.82) is 0 Å². The monoisotopic (exact) mass is 362 g/mol. The summed E-state index contributed by atoms with van der Waals surface area (Å²) < 4.78 is 16.9. The van der Waals surface area contributed by atoms with E-state index in [-0.39, 0.29) is 12.2 Å². The fourth-order valence-electron chi connectivity index (χ4n) is 3.23. The molecule has 0 atom stereocenters. The van der Waals surface area contributed by atoms with Crippen LogP contribution in [0.5, 0.6) is 5.75 Å². The maximum Gasteiger partial charge on any atom is 0.410 e. The number of hydrogen-bond donors (Lipinski definition) is 0. The normalized spacial score (nSPS) is 19.3. The molecular formula is C20H30N2O4. The fraction of sp³-hybridized carbons (Fsp3) is 0.650. The molecule has 2 heterocycles. The van der Waals surface area contributed by atoms with E-state index in [9.17, 15) is 4.79 Å². The summed E-state index contributed by atoms with van der Waals surface area (Å²) in [6.07, 6.45) is 1.56. The minimum Gasteiger partial charge on any atom is -0.490 e. The summed E-state index contributed by atoms with van der Waals surface area (Å²) >= 11 is 0. The van der Waals surface area contributed by atoms with Crippen LogP contribution in [0.2, 0.25) is 0 Å². The van der Waals surface area contributed by atoms with Gasteiger partial charge < -0.3 is 24.0 Å². The number of carbonyl (C=O) groups excluding carboxylic acids is 1. The number of rotatable bonds is 3. The lowest BCUT2D eigenvalue weighted by molar-refractivity contribution is 0.0126. The molecule has 2 aliphatic heterocycles. The van der Waals surface area contributed by atoms with Crippen molar-refractivity contribution in [1.82, 2.24) is 4.90 Å². The second-order valence-electron chi connectivity index (χ2n) is 7.88. The van der Waals surface area contributed by atoms with Crippen molar-refractivity contribution in [3.05, 3.63) is 24.3 Å². The first kappa shape index (κ1) is 18.8. The molecule has 2 fully saturated rings. The second kappa shape index (κ2) is 8.16. The van der Waals surface area contributed by atoms with E-state index in [0.29, 0.717) is 13.1 Å². The van der Waals surface area contributed by atoms with Gasteiger partial charge in [-0.3, -0.25) is 0 Å². The highest BCUT2D eigenvalue weighted by molar-refractivity contribution is 5.68. The first-order valence-corrected chi connectivity index (χ1v) is 9.48. The Morgan fingerprint density at radius 1 is 1.04 bits per heavy atom. The fourth-order valence-corrected chi connectivity index (χ4v) is 3.23. The minimum atomic E-state index is -0.452. The van der Waals surface area contributed by atoms with Crippen LogP contribution >= 0.6 is 0 Å². The zero-order valence-corrected chi connectivity index (χ0v) is 16.1. The maximum absolute atomic E-state index is 12.1. The number of amides is 1. The van der Waals surface area contributed by atoms with Crippen LogP contribution in [-0.2, 0) is 9.47 Å². The Labute approximate surface area is 156 Å². The number of ether oxygens (including phenoxy) is 3.